The van der Waals surface area contributed by atoms with E-state index in [2.05, 4.69) is 9.78 Å². The third-order valence-corrected chi connectivity index (χ3v) is 5.09. The normalized spacial score (nSPS) is 27.2. The monoisotopic (exact) mass is 275 g/mol. The van der Waals surface area contributed by atoms with E-state index >= 15 is 0 Å². The molecule has 1 aromatic heterocycles. The number of aromatic nitrogens is 2. The van der Waals surface area contributed by atoms with Gasteiger partial charge in [-0.2, -0.15) is 5.10 Å². The molecule has 0 spiro atoms. The highest BCUT2D eigenvalue weighted by molar-refractivity contribution is 5.83. The van der Waals surface area contributed by atoms with Crippen molar-refractivity contribution in [1.82, 2.24) is 9.78 Å². The highest BCUT2D eigenvalue weighted by atomic mass is 16.1. The van der Waals surface area contributed by atoms with Crippen LogP contribution in [0, 0.1) is 11.8 Å². The average molecular weight is 275 g/mol. The Labute approximate surface area is 120 Å². The molecule has 2 saturated carbocycles. The zero-order valence-corrected chi connectivity index (χ0v) is 12.1. The Morgan fingerprint density at radius 1 is 1.25 bits per heavy atom. The molecule has 20 heavy (non-hydrogen) atoms. The largest absolute Gasteiger partial charge is 0.330 e. The molecule has 0 radical (unpaired) electrons. The van der Waals surface area contributed by atoms with Crippen molar-refractivity contribution in [1.29, 1.82) is 0 Å². The van der Waals surface area contributed by atoms with E-state index in [-0.39, 0.29) is 5.92 Å². The van der Waals surface area contributed by atoms with Crippen molar-refractivity contribution in [3.05, 3.63) is 18.0 Å². The van der Waals surface area contributed by atoms with E-state index in [4.69, 9.17) is 5.73 Å². The third kappa shape index (κ3) is 2.80. The number of hydrogen-bond acceptors (Lipinski definition) is 3. The summed E-state index contributed by atoms with van der Waals surface area (Å²) < 4.78 is 2.07. The van der Waals surface area contributed by atoms with Gasteiger partial charge in [0.2, 0.25) is 0 Å². The minimum absolute atomic E-state index is 0.177. The summed E-state index contributed by atoms with van der Waals surface area (Å²) in [5, 5.41) is 4.62. The van der Waals surface area contributed by atoms with Crippen LogP contribution in [0.25, 0.3) is 0 Å². The molecule has 4 heteroatoms. The van der Waals surface area contributed by atoms with Gasteiger partial charge in [0.15, 0.2) is 0 Å². The molecule has 0 saturated heterocycles. The van der Waals surface area contributed by atoms with Gasteiger partial charge in [0.25, 0.3) is 0 Å². The van der Waals surface area contributed by atoms with Crippen LogP contribution in [0.5, 0.6) is 0 Å². The predicted molar refractivity (Wildman–Crippen MR) is 78.3 cm³/mol. The molecule has 1 heterocycles. The quantitative estimate of drug-likeness (QED) is 0.898. The molecule has 0 aliphatic heterocycles. The number of rotatable bonds is 5. The van der Waals surface area contributed by atoms with Gasteiger partial charge in [0.05, 0.1) is 18.2 Å². The van der Waals surface area contributed by atoms with Crippen LogP contribution in [0.3, 0.4) is 0 Å². The second-order valence-corrected chi connectivity index (χ2v) is 6.40. The summed E-state index contributed by atoms with van der Waals surface area (Å²) in [5.41, 5.74) is 6.71. The number of hydrogen-bond donors (Lipinski definition) is 1. The van der Waals surface area contributed by atoms with Crippen molar-refractivity contribution in [2.75, 3.05) is 6.54 Å². The van der Waals surface area contributed by atoms with Gasteiger partial charge in [-0.1, -0.05) is 19.3 Å². The zero-order chi connectivity index (χ0) is 13.9. The molecule has 2 aliphatic carbocycles. The van der Waals surface area contributed by atoms with Crippen molar-refractivity contribution in [3.8, 4) is 0 Å². The Morgan fingerprint density at radius 3 is 2.80 bits per heavy atom. The van der Waals surface area contributed by atoms with E-state index in [0.717, 1.165) is 25.0 Å². The lowest BCUT2D eigenvalue weighted by Gasteiger charge is -2.15. The lowest BCUT2D eigenvalue weighted by atomic mass is 9.90. The van der Waals surface area contributed by atoms with Crippen LogP contribution >= 0.6 is 0 Å². The third-order valence-electron chi connectivity index (χ3n) is 5.09. The topological polar surface area (TPSA) is 60.9 Å². The molecule has 3 rings (SSSR count). The molecule has 0 amide bonds. The van der Waals surface area contributed by atoms with E-state index in [0.29, 0.717) is 30.7 Å². The highest BCUT2D eigenvalue weighted by Crippen LogP contribution is 2.32. The van der Waals surface area contributed by atoms with E-state index in [9.17, 15) is 4.79 Å². The van der Waals surface area contributed by atoms with Crippen LogP contribution < -0.4 is 5.73 Å². The molecule has 2 unspecified atom stereocenters. The Bertz CT molecular complexity index is 462. The van der Waals surface area contributed by atoms with Gasteiger partial charge in [-0.3, -0.25) is 9.48 Å². The van der Waals surface area contributed by atoms with Gasteiger partial charge >= 0.3 is 0 Å². The number of carbonyl (C=O) groups excluding carboxylic acids is 1. The zero-order valence-electron chi connectivity index (χ0n) is 12.1. The Kier molecular flexibility index (Phi) is 4.20. The van der Waals surface area contributed by atoms with Crippen LogP contribution in [0.2, 0.25) is 0 Å². The van der Waals surface area contributed by atoms with Crippen molar-refractivity contribution in [2.45, 2.75) is 57.4 Å². The second kappa shape index (κ2) is 6.08. The van der Waals surface area contributed by atoms with Crippen LogP contribution in [-0.2, 0) is 11.2 Å². The first kappa shape index (κ1) is 13.8. The van der Waals surface area contributed by atoms with E-state index in [1.54, 1.807) is 0 Å². The van der Waals surface area contributed by atoms with Crippen LogP contribution in [0.4, 0.5) is 0 Å². The Balaban J connectivity index is 1.61. The maximum atomic E-state index is 12.4. The number of ketones is 1. The van der Waals surface area contributed by atoms with Crippen LogP contribution in [-0.4, -0.2) is 22.1 Å². The number of nitrogens with two attached hydrogens (primary N) is 1. The van der Waals surface area contributed by atoms with Gasteiger partial charge in [-0.15, -0.1) is 0 Å². The highest BCUT2D eigenvalue weighted by Gasteiger charge is 2.32. The van der Waals surface area contributed by atoms with Gasteiger partial charge in [-0.05, 0) is 44.2 Å². The summed E-state index contributed by atoms with van der Waals surface area (Å²) in [6, 6.07) is 2.57. The summed E-state index contributed by atoms with van der Waals surface area (Å²) in [6.07, 6.45) is 10.9. The van der Waals surface area contributed by atoms with E-state index < -0.39 is 0 Å². The lowest BCUT2D eigenvalue weighted by Crippen LogP contribution is -2.26. The molecule has 1 aromatic rings. The molecular weight excluding hydrogens is 250 g/mol. The SMILES string of the molecule is NCC1CCCC1C(=O)Cc1ccn(C2CCCC2)n1. The second-order valence-electron chi connectivity index (χ2n) is 6.40. The minimum atomic E-state index is 0.177. The molecular formula is C16H25N3O. The van der Waals surface area contributed by atoms with E-state index in [1.807, 2.05) is 12.3 Å². The lowest BCUT2D eigenvalue weighted by molar-refractivity contribution is -0.123. The van der Waals surface area contributed by atoms with Gasteiger partial charge < -0.3 is 5.73 Å². The van der Waals surface area contributed by atoms with E-state index in [1.165, 1.54) is 25.7 Å². The fourth-order valence-corrected chi connectivity index (χ4v) is 3.90. The average Bonchev–Trinajstić information content (AvgIpc) is 3.19. The van der Waals surface area contributed by atoms with Crippen molar-refractivity contribution >= 4 is 5.78 Å². The Morgan fingerprint density at radius 2 is 2.05 bits per heavy atom. The summed E-state index contributed by atoms with van der Waals surface area (Å²) in [6.45, 7) is 0.646. The standard InChI is InChI=1S/C16H25N3O/c17-11-12-4-3-7-15(12)16(20)10-13-8-9-19(18-13)14-5-1-2-6-14/h8-9,12,14-15H,1-7,10-11,17H2. The molecule has 110 valence electrons. The number of nitrogens with zero attached hydrogens (tertiary/aromatic N) is 2. The maximum Gasteiger partial charge on any atom is 0.142 e. The van der Waals surface area contributed by atoms with Gasteiger partial charge in [0.1, 0.15) is 5.78 Å². The van der Waals surface area contributed by atoms with Crippen molar-refractivity contribution in [2.24, 2.45) is 17.6 Å². The number of Topliss-reactive ketones (excluding diaryl/α,β-unsaturated/α-hetero) is 1. The fourth-order valence-electron chi connectivity index (χ4n) is 3.90. The first-order valence-electron chi connectivity index (χ1n) is 8.04. The van der Waals surface area contributed by atoms with Crippen LogP contribution in [0.1, 0.15) is 56.7 Å². The smallest absolute Gasteiger partial charge is 0.142 e. The summed E-state index contributed by atoms with van der Waals surface area (Å²) in [4.78, 5) is 12.4. The molecule has 4 nitrogen and oxygen atoms in total. The molecule has 2 atom stereocenters. The molecule has 0 aromatic carbocycles. The van der Waals surface area contributed by atoms with Crippen molar-refractivity contribution in [3.63, 3.8) is 0 Å². The summed E-state index contributed by atoms with van der Waals surface area (Å²) in [5.74, 6) is 0.922. The predicted octanol–water partition coefficient (Wildman–Crippen LogP) is 2.48. The first-order chi connectivity index (χ1) is 9.78. The van der Waals surface area contributed by atoms with Gasteiger partial charge in [-0.25, -0.2) is 0 Å². The first-order valence-corrected chi connectivity index (χ1v) is 8.04. The summed E-state index contributed by atoms with van der Waals surface area (Å²) in [7, 11) is 0. The van der Waals surface area contributed by atoms with Crippen LogP contribution in [0.15, 0.2) is 12.3 Å². The fraction of sp³-hybridized carbons (Fsp3) is 0.750. The summed E-state index contributed by atoms with van der Waals surface area (Å²) >= 11 is 0. The molecule has 2 aliphatic rings. The number of carbonyl (C=O) groups is 1. The minimum Gasteiger partial charge on any atom is -0.330 e. The molecule has 0 bridgehead atoms. The van der Waals surface area contributed by atoms with Gasteiger partial charge in [0, 0.05) is 12.1 Å². The Hall–Kier alpha value is -1.16. The molecule has 2 fully saturated rings. The van der Waals surface area contributed by atoms with Crippen molar-refractivity contribution < 1.29 is 4.79 Å². The molecule has 2 N–H and O–H groups in total. The maximum absolute atomic E-state index is 12.4.